The molecule has 29 heavy (non-hydrogen) atoms. The highest BCUT2D eigenvalue weighted by Crippen LogP contribution is 2.30. The number of ether oxygens (including phenoxy) is 1. The lowest BCUT2D eigenvalue weighted by atomic mass is 10.1. The van der Waals surface area contributed by atoms with Crippen molar-refractivity contribution in [3.63, 3.8) is 0 Å². The molecule has 1 aromatic carbocycles. The summed E-state index contributed by atoms with van der Waals surface area (Å²) >= 11 is 0. The Morgan fingerprint density at radius 1 is 0.931 bits per heavy atom. The van der Waals surface area contributed by atoms with Gasteiger partial charge < -0.3 is 14.5 Å². The van der Waals surface area contributed by atoms with E-state index in [9.17, 15) is 13.2 Å². The molecular weight excluding hydrogens is 383 g/mol. The Bertz CT molecular complexity index is 818. The lowest BCUT2D eigenvalue weighted by molar-refractivity contribution is -0.137. The molecule has 0 radical (unpaired) electrons. The molecule has 0 saturated carbocycles. The smallest absolute Gasteiger partial charge is 0.378 e. The predicted molar refractivity (Wildman–Crippen MR) is 104 cm³/mol. The van der Waals surface area contributed by atoms with Crippen LogP contribution in [0, 0.1) is 0 Å². The molecule has 0 spiro atoms. The van der Waals surface area contributed by atoms with Crippen LogP contribution in [0.4, 0.5) is 24.9 Å². The number of anilines is 2. The van der Waals surface area contributed by atoms with Crippen LogP contribution in [0.25, 0.3) is 0 Å². The monoisotopic (exact) mass is 407 g/mol. The summed E-state index contributed by atoms with van der Waals surface area (Å²) in [6.45, 7) is 6.54. The molecule has 156 valence electrons. The Balaban J connectivity index is 1.35. The number of alkyl halides is 3. The van der Waals surface area contributed by atoms with Crippen molar-refractivity contribution in [1.82, 2.24) is 14.9 Å². The molecule has 0 unspecified atom stereocenters. The lowest BCUT2D eigenvalue weighted by Crippen LogP contribution is -2.46. The van der Waals surface area contributed by atoms with Gasteiger partial charge in [0.2, 0.25) is 5.95 Å². The molecule has 0 bridgehead atoms. The third-order valence-corrected chi connectivity index (χ3v) is 5.28. The van der Waals surface area contributed by atoms with E-state index < -0.39 is 11.7 Å². The minimum Gasteiger partial charge on any atom is -0.378 e. The Hall–Kier alpha value is -2.39. The van der Waals surface area contributed by atoms with Gasteiger partial charge in [-0.15, -0.1) is 0 Å². The first-order chi connectivity index (χ1) is 14.0. The quantitative estimate of drug-likeness (QED) is 0.777. The van der Waals surface area contributed by atoms with E-state index in [1.165, 1.54) is 12.1 Å². The van der Waals surface area contributed by atoms with Crippen LogP contribution in [0.15, 0.2) is 36.5 Å². The SMILES string of the molecule is FC(F)(F)c1cccc(CN2CCN(c3nccc(N4CCOCC4)n3)CC2)c1. The molecular formula is C20H24F3N5O. The third-order valence-electron chi connectivity index (χ3n) is 5.28. The molecule has 0 aliphatic carbocycles. The molecule has 1 aromatic heterocycles. The van der Waals surface area contributed by atoms with Crippen molar-refractivity contribution in [3.05, 3.63) is 47.7 Å². The van der Waals surface area contributed by atoms with E-state index >= 15 is 0 Å². The van der Waals surface area contributed by atoms with Crippen LogP contribution < -0.4 is 9.80 Å². The molecule has 2 aliphatic rings. The van der Waals surface area contributed by atoms with Crippen molar-refractivity contribution >= 4 is 11.8 Å². The Kier molecular flexibility index (Phi) is 5.86. The van der Waals surface area contributed by atoms with Crippen molar-refractivity contribution in [2.45, 2.75) is 12.7 Å². The highest BCUT2D eigenvalue weighted by atomic mass is 19.4. The highest BCUT2D eigenvalue weighted by Gasteiger charge is 2.30. The van der Waals surface area contributed by atoms with Gasteiger partial charge in [0.15, 0.2) is 0 Å². The normalized spacial score (nSPS) is 18.9. The molecule has 2 aliphatic heterocycles. The Morgan fingerprint density at radius 2 is 1.69 bits per heavy atom. The van der Waals surface area contributed by atoms with Crippen molar-refractivity contribution in [2.75, 3.05) is 62.3 Å². The van der Waals surface area contributed by atoms with Crippen LogP contribution in [0.3, 0.4) is 0 Å². The molecule has 2 aromatic rings. The topological polar surface area (TPSA) is 44.7 Å². The van der Waals surface area contributed by atoms with E-state index in [2.05, 4.69) is 19.7 Å². The van der Waals surface area contributed by atoms with Crippen LogP contribution in [0.2, 0.25) is 0 Å². The minimum absolute atomic E-state index is 0.506. The number of piperazine rings is 1. The van der Waals surface area contributed by atoms with Crippen molar-refractivity contribution < 1.29 is 17.9 Å². The van der Waals surface area contributed by atoms with Gasteiger partial charge in [0.05, 0.1) is 18.8 Å². The van der Waals surface area contributed by atoms with Gasteiger partial charge >= 0.3 is 6.18 Å². The summed E-state index contributed by atoms with van der Waals surface area (Å²) < 4.78 is 44.1. The van der Waals surface area contributed by atoms with Gasteiger partial charge in [-0.25, -0.2) is 4.98 Å². The maximum atomic E-state index is 12.9. The van der Waals surface area contributed by atoms with Crippen molar-refractivity contribution in [2.24, 2.45) is 0 Å². The van der Waals surface area contributed by atoms with Crippen LogP contribution in [0.5, 0.6) is 0 Å². The van der Waals surface area contributed by atoms with E-state index in [0.717, 1.165) is 51.2 Å². The van der Waals surface area contributed by atoms with Crippen LogP contribution in [0.1, 0.15) is 11.1 Å². The number of benzene rings is 1. The van der Waals surface area contributed by atoms with Gasteiger partial charge in [-0.1, -0.05) is 18.2 Å². The number of aromatic nitrogens is 2. The number of rotatable bonds is 4. The van der Waals surface area contributed by atoms with Gasteiger partial charge in [-0.05, 0) is 17.7 Å². The highest BCUT2D eigenvalue weighted by molar-refractivity contribution is 5.44. The fourth-order valence-electron chi connectivity index (χ4n) is 3.67. The number of hydrogen-bond donors (Lipinski definition) is 0. The van der Waals surface area contributed by atoms with Crippen LogP contribution in [-0.4, -0.2) is 67.4 Å². The standard InChI is InChI=1S/C20H24F3N5O/c21-20(22,23)17-3-1-2-16(14-17)15-26-6-8-28(9-7-26)19-24-5-4-18(25-19)27-10-12-29-13-11-27/h1-5,14H,6-13,15H2. The van der Waals surface area contributed by atoms with Gasteiger partial charge in [0.25, 0.3) is 0 Å². The molecule has 3 heterocycles. The minimum atomic E-state index is -4.31. The van der Waals surface area contributed by atoms with E-state index in [1.54, 1.807) is 12.3 Å². The van der Waals surface area contributed by atoms with Crippen LogP contribution in [-0.2, 0) is 17.5 Å². The molecule has 0 N–H and O–H groups in total. The average molecular weight is 407 g/mol. The molecule has 2 saturated heterocycles. The molecule has 6 nitrogen and oxygen atoms in total. The Labute approximate surface area is 167 Å². The molecule has 0 atom stereocenters. The zero-order chi connectivity index (χ0) is 20.3. The summed E-state index contributed by atoms with van der Waals surface area (Å²) in [5.41, 5.74) is 0.0841. The van der Waals surface area contributed by atoms with Crippen molar-refractivity contribution in [1.29, 1.82) is 0 Å². The zero-order valence-corrected chi connectivity index (χ0v) is 16.1. The second kappa shape index (κ2) is 8.54. The lowest BCUT2D eigenvalue weighted by Gasteiger charge is -2.35. The average Bonchev–Trinajstić information content (AvgIpc) is 2.75. The maximum Gasteiger partial charge on any atom is 0.416 e. The maximum absolute atomic E-state index is 12.9. The van der Waals surface area contributed by atoms with E-state index in [0.29, 0.717) is 31.3 Å². The molecule has 2 fully saturated rings. The molecule has 4 rings (SSSR count). The second-order valence-electron chi connectivity index (χ2n) is 7.28. The number of hydrogen-bond acceptors (Lipinski definition) is 6. The first-order valence-electron chi connectivity index (χ1n) is 9.78. The summed E-state index contributed by atoms with van der Waals surface area (Å²) in [7, 11) is 0. The van der Waals surface area contributed by atoms with Crippen molar-refractivity contribution in [3.8, 4) is 0 Å². The number of morpholine rings is 1. The summed E-state index contributed by atoms with van der Waals surface area (Å²) in [5.74, 6) is 1.61. The fourth-order valence-corrected chi connectivity index (χ4v) is 3.67. The number of nitrogens with zero attached hydrogens (tertiary/aromatic N) is 5. The summed E-state index contributed by atoms with van der Waals surface area (Å²) in [5, 5.41) is 0. The molecule has 0 amide bonds. The first-order valence-corrected chi connectivity index (χ1v) is 9.78. The first kappa shape index (κ1) is 19.9. The van der Waals surface area contributed by atoms with Crippen LogP contribution >= 0.6 is 0 Å². The summed E-state index contributed by atoms with van der Waals surface area (Å²) in [6, 6.07) is 7.48. The fraction of sp³-hybridized carbons (Fsp3) is 0.500. The van der Waals surface area contributed by atoms with E-state index in [4.69, 9.17) is 9.72 Å². The second-order valence-corrected chi connectivity index (χ2v) is 7.28. The van der Waals surface area contributed by atoms with Gasteiger partial charge in [0.1, 0.15) is 5.82 Å². The molecule has 9 heteroatoms. The zero-order valence-electron chi connectivity index (χ0n) is 16.1. The summed E-state index contributed by atoms with van der Waals surface area (Å²) in [4.78, 5) is 15.6. The predicted octanol–water partition coefficient (Wildman–Crippen LogP) is 2.65. The van der Waals surface area contributed by atoms with Gasteiger partial charge in [-0.3, -0.25) is 4.90 Å². The van der Waals surface area contributed by atoms with E-state index in [1.807, 2.05) is 6.07 Å². The largest absolute Gasteiger partial charge is 0.416 e. The number of halogens is 3. The van der Waals surface area contributed by atoms with E-state index in [-0.39, 0.29) is 0 Å². The third kappa shape index (κ3) is 4.97. The van der Waals surface area contributed by atoms with Gasteiger partial charge in [-0.2, -0.15) is 18.2 Å². The van der Waals surface area contributed by atoms with Gasteiger partial charge in [0, 0.05) is 52.0 Å². The summed E-state index contributed by atoms with van der Waals surface area (Å²) in [6.07, 6.45) is -2.53. The Morgan fingerprint density at radius 3 is 2.41 bits per heavy atom.